The van der Waals surface area contributed by atoms with Crippen LogP contribution in [0.15, 0.2) is 0 Å². The van der Waals surface area contributed by atoms with Crippen molar-refractivity contribution in [2.45, 2.75) is 25.9 Å². The summed E-state index contributed by atoms with van der Waals surface area (Å²) in [4.78, 5) is 23.6. The van der Waals surface area contributed by atoms with Crippen molar-refractivity contribution in [3.63, 3.8) is 0 Å². The van der Waals surface area contributed by atoms with Crippen LogP contribution in [-0.4, -0.2) is 37.4 Å². The Hall–Kier alpha value is -1.61. The van der Waals surface area contributed by atoms with Crippen LogP contribution in [-0.2, 0) is 23.8 Å². The molecule has 0 radical (unpaired) electrons. The first kappa shape index (κ1) is 13.5. The summed E-state index contributed by atoms with van der Waals surface area (Å²) in [6, 6.07) is 1.97. The lowest BCUT2D eigenvalue weighted by atomic mass is 9.95. The molecule has 0 aromatic rings. The molecule has 0 saturated carbocycles. The summed E-state index contributed by atoms with van der Waals surface area (Å²) in [6.07, 6.45) is -0.0127. The van der Waals surface area contributed by atoms with Crippen molar-refractivity contribution >= 4 is 11.9 Å². The number of ether oxygens (including phenoxy) is 3. The number of nitrogens with zero attached hydrogens (tertiary/aromatic N) is 1. The van der Waals surface area contributed by atoms with Crippen molar-refractivity contribution in [2.75, 3.05) is 19.8 Å². The van der Waals surface area contributed by atoms with Gasteiger partial charge in [0.05, 0.1) is 31.8 Å². The third-order valence-electron chi connectivity index (χ3n) is 2.46. The normalized spacial score (nSPS) is 21.6. The Labute approximate surface area is 99.4 Å². The van der Waals surface area contributed by atoms with Gasteiger partial charge in [-0.05, 0) is 13.8 Å². The molecule has 0 aliphatic carbocycles. The second-order valence-electron chi connectivity index (χ2n) is 3.61. The average Bonchev–Trinajstić information content (AvgIpc) is 2.75. The molecule has 1 aliphatic heterocycles. The number of esters is 2. The summed E-state index contributed by atoms with van der Waals surface area (Å²) >= 11 is 0. The molecular weight excluding hydrogens is 226 g/mol. The van der Waals surface area contributed by atoms with Crippen LogP contribution in [0, 0.1) is 17.2 Å². The van der Waals surface area contributed by atoms with Crippen LogP contribution in [0.3, 0.4) is 0 Å². The molecule has 94 valence electrons. The predicted molar refractivity (Wildman–Crippen MR) is 55.7 cm³/mol. The lowest BCUT2D eigenvalue weighted by molar-refractivity contribution is -0.184. The van der Waals surface area contributed by atoms with Crippen LogP contribution in [0.25, 0.3) is 0 Å². The molecular formula is C11H15NO5. The van der Waals surface area contributed by atoms with Crippen LogP contribution < -0.4 is 0 Å². The maximum absolute atomic E-state index is 11.8. The summed E-state index contributed by atoms with van der Waals surface area (Å²) in [5.74, 6) is -2.06. The Kier molecular flexibility index (Phi) is 4.46. The molecule has 1 aliphatic rings. The largest absolute Gasteiger partial charge is 0.463 e. The molecule has 1 rings (SSSR count). The molecule has 0 amide bonds. The van der Waals surface area contributed by atoms with Gasteiger partial charge in [0, 0.05) is 6.42 Å². The van der Waals surface area contributed by atoms with E-state index in [1.807, 2.05) is 6.07 Å². The van der Waals surface area contributed by atoms with Crippen molar-refractivity contribution in [2.24, 2.45) is 5.92 Å². The molecule has 0 N–H and O–H groups in total. The molecule has 0 spiro atoms. The first-order valence-electron chi connectivity index (χ1n) is 5.48. The van der Waals surface area contributed by atoms with E-state index in [4.69, 9.17) is 19.5 Å². The Bertz CT molecular complexity index is 328. The molecule has 1 unspecified atom stereocenters. The number of carbonyl (C=O) groups is 2. The number of nitriles is 1. The molecule has 6 heteroatoms. The van der Waals surface area contributed by atoms with E-state index in [-0.39, 0.29) is 26.2 Å². The fraction of sp³-hybridized carbons (Fsp3) is 0.727. The van der Waals surface area contributed by atoms with Crippen LogP contribution in [0.5, 0.6) is 0 Å². The standard InChI is InChI=1S/C11H15NO5/c1-3-15-9(13)11(10(14)16-4-2)5-8(6-12)7-17-11/h8H,3-5,7H2,1-2H3. The third kappa shape index (κ3) is 2.56. The van der Waals surface area contributed by atoms with E-state index in [2.05, 4.69) is 0 Å². The lowest BCUT2D eigenvalue weighted by Crippen LogP contribution is -2.48. The zero-order valence-electron chi connectivity index (χ0n) is 9.89. The summed E-state index contributed by atoms with van der Waals surface area (Å²) in [5.41, 5.74) is -1.76. The highest BCUT2D eigenvalue weighted by atomic mass is 16.6. The second kappa shape index (κ2) is 5.64. The van der Waals surface area contributed by atoms with Gasteiger partial charge < -0.3 is 14.2 Å². The highest BCUT2D eigenvalue weighted by molar-refractivity contribution is 6.04. The molecule has 0 aromatic heterocycles. The van der Waals surface area contributed by atoms with Crippen molar-refractivity contribution < 1.29 is 23.8 Å². The Balaban J connectivity index is 2.91. The first-order chi connectivity index (χ1) is 8.10. The number of rotatable bonds is 4. The Morgan fingerprint density at radius 1 is 1.35 bits per heavy atom. The highest BCUT2D eigenvalue weighted by Crippen LogP contribution is 2.32. The summed E-state index contributed by atoms with van der Waals surface area (Å²) in [6.45, 7) is 3.58. The van der Waals surface area contributed by atoms with Crippen LogP contribution >= 0.6 is 0 Å². The average molecular weight is 241 g/mol. The summed E-state index contributed by atoms with van der Waals surface area (Å²) < 4.78 is 14.8. The van der Waals surface area contributed by atoms with Gasteiger partial charge in [0.25, 0.3) is 5.60 Å². The molecule has 0 bridgehead atoms. The SMILES string of the molecule is CCOC(=O)C1(C(=O)OCC)CC(C#N)CO1. The predicted octanol–water partition coefficient (Wildman–Crippen LogP) is 0.411. The zero-order valence-corrected chi connectivity index (χ0v) is 9.89. The van der Waals surface area contributed by atoms with Gasteiger partial charge in [-0.3, -0.25) is 0 Å². The second-order valence-corrected chi connectivity index (χ2v) is 3.61. The number of hydrogen-bond donors (Lipinski definition) is 0. The molecule has 17 heavy (non-hydrogen) atoms. The Morgan fingerprint density at radius 3 is 2.24 bits per heavy atom. The molecule has 1 saturated heterocycles. The zero-order chi connectivity index (χ0) is 12.9. The molecule has 1 heterocycles. The van der Waals surface area contributed by atoms with E-state index in [1.54, 1.807) is 13.8 Å². The molecule has 0 aromatic carbocycles. The van der Waals surface area contributed by atoms with E-state index >= 15 is 0 Å². The van der Waals surface area contributed by atoms with Crippen LogP contribution in [0.2, 0.25) is 0 Å². The minimum absolute atomic E-state index is 0.0127. The van der Waals surface area contributed by atoms with Gasteiger partial charge in [0.1, 0.15) is 0 Å². The lowest BCUT2D eigenvalue weighted by Gasteiger charge is -2.23. The Morgan fingerprint density at radius 2 is 1.88 bits per heavy atom. The van der Waals surface area contributed by atoms with Crippen molar-refractivity contribution in [3.8, 4) is 6.07 Å². The first-order valence-corrected chi connectivity index (χ1v) is 5.48. The van der Waals surface area contributed by atoms with Crippen molar-refractivity contribution in [1.29, 1.82) is 5.26 Å². The van der Waals surface area contributed by atoms with Gasteiger partial charge in [0.2, 0.25) is 0 Å². The van der Waals surface area contributed by atoms with Crippen LogP contribution in [0.1, 0.15) is 20.3 Å². The highest BCUT2D eigenvalue weighted by Gasteiger charge is 2.56. The third-order valence-corrected chi connectivity index (χ3v) is 2.46. The monoisotopic (exact) mass is 241 g/mol. The minimum Gasteiger partial charge on any atom is -0.463 e. The molecule has 6 nitrogen and oxygen atoms in total. The van der Waals surface area contributed by atoms with E-state index in [1.165, 1.54) is 0 Å². The van der Waals surface area contributed by atoms with Crippen LogP contribution in [0.4, 0.5) is 0 Å². The van der Waals surface area contributed by atoms with Gasteiger partial charge in [0.15, 0.2) is 0 Å². The fourth-order valence-corrected chi connectivity index (χ4v) is 1.65. The molecule has 1 fully saturated rings. The van der Waals surface area contributed by atoms with Gasteiger partial charge in [-0.1, -0.05) is 0 Å². The van der Waals surface area contributed by atoms with E-state index < -0.39 is 23.5 Å². The topological polar surface area (TPSA) is 85.6 Å². The van der Waals surface area contributed by atoms with Crippen molar-refractivity contribution in [3.05, 3.63) is 0 Å². The number of carbonyl (C=O) groups excluding carboxylic acids is 2. The van der Waals surface area contributed by atoms with E-state index in [0.717, 1.165) is 0 Å². The van der Waals surface area contributed by atoms with E-state index in [0.29, 0.717) is 0 Å². The quantitative estimate of drug-likeness (QED) is 0.523. The molecule has 1 atom stereocenters. The maximum Gasteiger partial charge on any atom is 0.350 e. The van der Waals surface area contributed by atoms with Gasteiger partial charge >= 0.3 is 11.9 Å². The van der Waals surface area contributed by atoms with Gasteiger partial charge in [-0.15, -0.1) is 0 Å². The van der Waals surface area contributed by atoms with Gasteiger partial charge in [-0.25, -0.2) is 9.59 Å². The number of hydrogen-bond acceptors (Lipinski definition) is 6. The smallest absolute Gasteiger partial charge is 0.350 e. The summed E-state index contributed by atoms with van der Waals surface area (Å²) in [7, 11) is 0. The minimum atomic E-state index is -1.76. The summed E-state index contributed by atoms with van der Waals surface area (Å²) in [5, 5.41) is 8.79. The van der Waals surface area contributed by atoms with E-state index in [9.17, 15) is 9.59 Å². The fourth-order valence-electron chi connectivity index (χ4n) is 1.65. The van der Waals surface area contributed by atoms with Crippen molar-refractivity contribution in [1.82, 2.24) is 0 Å². The van der Waals surface area contributed by atoms with Gasteiger partial charge in [-0.2, -0.15) is 5.26 Å². The maximum atomic E-state index is 11.8.